The zero-order chi connectivity index (χ0) is 8.10. The first-order valence-corrected chi connectivity index (χ1v) is 5.80. The molecule has 0 fully saturated rings. The van der Waals surface area contributed by atoms with E-state index in [4.69, 9.17) is 0 Å². The minimum atomic E-state index is 0.826. The van der Waals surface area contributed by atoms with E-state index in [1.165, 1.54) is 0 Å². The highest BCUT2D eigenvalue weighted by molar-refractivity contribution is 8.75. The van der Waals surface area contributed by atoms with E-state index in [1.807, 2.05) is 25.6 Å². The topological polar surface area (TPSA) is 29.9 Å². The molecule has 11 heavy (non-hydrogen) atoms. The van der Waals surface area contributed by atoms with Gasteiger partial charge in [-0.05, 0) is 23.3 Å². The van der Waals surface area contributed by atoms with Gasteiger partial charge in [-0.15, -0.1) is 0 Å². The number of nitrogens with zero attached hydrogens (tertiary/aromatic N) is 2. The molecular weight excluding hydrogens is 178 g/mol. The monoisotopic (exact) mass is 189 g/mol. The van der Waals surface area contributed by atoms with E-state index in [1.54, 1.807) is 26.5 Å². The summed E-state index contributed by atoms with van der Waals surface area (Å²) in [5.41, 5.74) is 1.08. The van der Waals surface area contributed by atoms with Crippen LogP contribution in [0.1, 0.15) is 5.69 Å². The first-order chi connectivity index (χ1) is 5.33. The average Bonchev–Trinajstić information content (AvgIpc) is 2.37. The molecule has 0 atom stereocenters. The Morgan fingerprint density at radius 1 is 1.73 bits per heavy atom. The maximum Gasteiger partial charge on any atom is 0.0771 e. The molecule has 0 saturated heterocycles. The Labute approximate surface area is 74.5 Å². The summed E-state index contributed by atoms with van der Waals surface area (Å²) >= 11 is 0. The van der Waals surface area contributed by atoms with Crippen molar-refractivity contribution in [2.75, 3.05) is 6.26 Å². The van der Waals surface area contributed by atoms with Crippen molar-refractivity contribution in [2.24, 2.45) is 7.05 Å². The van der Waals surface area contributed by atoms with Crippen LogP contribution in [0, 0.1) is 0 Å². The van der Waals surface area contributed by atoms with Crippen LogP contribution >= 0.6 is 21.8 Å². The average molecular weight is 189 g/mol. The summed E-state index contributed by atoms with van der Waals surface area (Å²) in [7, 11) is 5.25. The van der Waals surface area contributed by atoms with E-state index in [2.05, 4.69) is 9.82 Å². The Balaban J connectivity index is 2.27. The number of hydrogen-bond acceptors (Lipinski definition) is 4. The molecule has 5 heteroatoms. The van der Waals surface area contributed by atoms with Crippen molar-refractivity contribution in [1.82, 2.24) is 14.5 Å². The van der Waals surface area contributed by atoms with Crippen LogP contribution in [0.4, 0.5) is 0 Å². The Morgan fingerprint density at radius 2 is 2.55 bits per heavy atom. The molecule has 62 valence electrons. The Bertz CT molecular complexity index is 211. The third-order valence-electron chi connectivity index (χ3n) is 1.16. The van der Waals surface area contributed by atoms with Crippen LogP contribution in [0.3, 0.4) is 0 Å². The van der Waals surface area contributed by atoms with Crippen molar-refractivity contribution in [3.05, 3.63) is 18.0 Å². The van der Waals surface area contributed by atoms with Crippen LogP contribution in [-0.2, 0) is 13.6 Å². The SMILES string of the molecule is CSSNCc1ccn(C)n1. The lowest BCUT2D eigenvalue weighted by atomic mass is 10.4. The lowest BCUT2D eigenvalue weighted by Gasteiger charge is -1.96. The fourth-order valence-corrected chi connectivity index (χ4v) is 1.57. The molecule has 0 amide bonds. The lowest BCUT2D eigenvalue weighted by molar-refractivity contribution is 0.737. The van der Waals surface area contributed by atoms with E-state index in [-0.39, 0.29) is 0 Å². The van der Waals surface area contributed by atoms with Crippen molar-refractivity contribution >= 4 is 21.8 Å². The van der Waals surface area contributed by atoms with Gasteiger partial charge < -0.3 is 0 Å². The molecule has 0 aromatic carbocycles. The third kappa shape index (κ3) is 3.18. The van der Waals surface area contributed by atoms with E-state index in [0.717, 1.165) is 12.2 Å². The van der Waals surface area contributed by atoms with Gasteiger partial charge in [-0.3, -0.25) is 4.68 Å². The molecule has 0 bridgehead atoms. The maximum absolute atomic E-state index is 4.21. The van der Waals surface area contributed by atoms with E-state index < -0.39 is 0 Å². The van der Waals surface area contributed by atoms with Crippen LogP contribution < -0.4 is 4.72 Å². The van der Waals surface area contributed by atoms with Gasteiger partial charge in [0.2, 0.25) is 0 Å². The Morgan fingerprint density at radius 3 is 3.09 bits per heavy atom. The third-order valence-corrected chi connectivity index (χ3v) is 2.45. The van der Waals surface area contributed by atoms with E-state index >= 15 is 0 Å². The Kier molecular flexibility index (Phi) is 3.82. The molecule has 0 aliphatic carbocycles. The number of rotatable bonds is 4. The lowest BCUT2D eigenvalue weighted by Crippen LogP contribution is -2.02. The minimum absolute atomic E-state index is 0.826. The molecule has 3 nitrogen and oxygen atoms in total. The first kappa shape index (κ1) is 8.96. The van der Waals surface area contributed by atoms with Gasteiger partial charge in [0.05, 0.1) is 12.2 Å². The summed E-state index contributed by atoms with van der Waals surface area (Å²) in [4.78, 5) is 0. The summed E-state index contributed by atoms with van der Waals surface area (Å²) in [5, 5.41) is 4.21. The summed E-state index contributed by atoms with van der Waals surface area (Å²) < 4.78 is 4.97. The van der Waals surface area contributed by atoms with Crippen LogP contribution in [-0.4, -0.2) is 16.0 Å². The molecule has 0 aliphatic rings. The summed E-state index contributed by atoms with van der Waals surface area (Å²) in [6.07, 6.45) is 3.98. The predicted molar refractivity (Wildman–Crippen MR) is 51.2 cm³/mol. The van der Waals surface area contributed by atoms with Gasteiger partial charge >= 0.3 is 0 Å². The molecule has 0 saturated carbocycles. The molecule has 1 aromatic heterocycles. The second kappa shape index (κ2) is 4.69. The minimum Gasteiger partial charge on any atom is -0.276 e. The largest absolute Gasteiger partial charge is 0.276 e. The highest BCUT2D eigenvalue weighted by atomic mass is 33.1. The summed E-state index contributed by atoms with van der Waals surface area (Å²) in [5.74, 6) is 0. The van der Waals surface area contributed by atoms with E-state index in [9.17, 15) is 0 Å². The number of aromatic nitrogens is 2. The highest BCUT2D eigenvalue weighted by Gasteiger charge is 1.94. The number of hydrogen-bond donors (Lipinski definition) is 1. The molecule has 1 N–H and O–H groups in total. The molecule has 1 rings (SSSR count). The predicted octanol–water partition coefficient (Wildman–Crippen LogP) is 1.44. The smallest absolute Gasteiger partial charge is 0.0771 e. The molecule has 1 heterocycles. The molecule has 0 spiro atoms. The van der Waals surface area contributed by atoms with Gasteiger partial charge in [0, 0.05) is 13.2 Å². The Hall–Kier alpha value is -0.130. The molecule has 0 aliphatic heterocycles. The molecule has 1 aromatic rings. The normalized spacial score (nSPS) is 10.4. The van der Waals surface area contributed by atoms with Gasteiger partial charge in [0.25, 0.3) is 0 Å². The fraction of sp³-hybridized carbons (Fsp3) is 0.500. The fourth-order valence-electron chi connectivity index (χ4n) is 0.720. The maximum atomic E-state index is 4.21. The second-order valence-electron chi connectivity index (χ2n) is 2.05. The first-order valence-electron chi connectivity index (χ1n) is 3.24. The quantitative estimate of drug-likeness (QED) is 0.441. The molecular formula is C6H11N3S2. The second-order valence-corrected chi connectivity index (χ2v) is 4.34. The van der Waals surface area contributed by atoms with Gasteiger partial charge in [-0.25, -0.2) is 4.72 Å². The van der Waals surface area contributed by atoms with Gasteiger partial charge in [0.15, 0.2) is 0 Å². The van der Waals surface area contributed by atoms with Crippen LogP contribution in [0.5, 0.6) is 0 Å². The summed E-state index contributed by atoms with van der Waals surface area (Å²) in [6.45, 7) is 0.826. The molecule has 0 radical (unpaired) electrons. The van der Waals surface area contributed by atoms with Crippen molar-refractivity contribution in [1.29, 1.82) is 0 Å². The van der Waals surface area contributed by atoms with Crippen molar-refractivity contribution < 1.29 is 0 Å². The zero-order valence-electron chi connectivity index (χ0n) is 6.57. The van der Waals surface area contributed by atoms with Gasteiger partial charge in [-0.1, -0.05) is 10.8 Å². The van der Waals surface area contributed by atoms with Gasteiger partial charge in [-0.2, -0.15) is 5.10 Å². The standard InChI is InChI=1S/C6H11N3S2/c1-9-4-3-6(8-9)5-7-11-10-2/h3-4,7H,5H2,1-2H3. The van der Waals surface area contributed by atoms with Crippen LogP contribution in [0.15, 0.2) is 12.3 Å². The van der Waals surface area contributed by atoms with Crippen molar-refractivity contribution in [2.45, 2.75) is 6.54 Å². The van der Waals surface area contributed by atoms with Crippen LogP contribution in [0.2, 0.25) is 0 Å². The van der Waals surface area contributed by atoms with E-state index in [0.29, 0.717) is 0 Å². The highest BCUT2D eigenvalue weighted by Crippen LogP contribution is 2.11. The summed E-state index contributed by atoms with van der Waals surface area (Å²) in [6, 6.07) is 2.01. The molecule has 0 unspecified atom stereocenters. The van der Waals surface area contributed by atoms with Crippen LogP contribution in [0.25, 0.3) is 0 Å². The zero-order valence-corrected chi connectivity index (χ0v) is 8.21. The van der Waals surface area contributed by atoms with Crippen molar-refractivity contribution in [3.63, 3.8) is 0 Å². The number of nitrogens with one attached hydrogen (secondary N) is 1. The van der Waals surface area contributed by atoms with Crippen molar-refractivity contribution in [3.8, 4) is 0 Å². The number of aryl methyl sites for hydroxylation is 1. The van der Waals surface area contributed by atoms with Gasteiger partial charge in [0.1, 0.15) is 0 Å².